The Kier molecular flexibility index (Phi) is 4.53. The second-order valence-corrected chi connectivity index (χ2v) is 6.26. The van der Waals surface area contributed by atoms with Crippen LogP contribution in [0.1, 0.15) is 20.3 Å². The number of amides is 1. The molecular weight excluding hydrogens is 308 g/mol. The van der Waals surface area contributed by atoms with Crippen molar-refractivity contribution >= 4 is 16.7 Å². The van der Waals surface area contributed by atoms with E-state index >= 15 is 0 Å². The third kappa shape index (κ3) is 2.99. The maximum atomic E-state index is 12.5. The van der Waals surface area contributed by atoms with Crippen LogP contribution in [0, 0.1) is 0 Å². The number of fused-ring (bicyclic) bond motifs is 1. The predicted octanol–water partition coefficient (Wildman–Crippen LogP) is 0.289. The number of piperazine rings is 1. The second-order valence-electron chi connectivity index (χ2n) is 6.26. The quantitative estimate of drug-likeness (QED) is 0.847. The van der Waals surface area contributed by atoms with Gasteiger partial charge < -0.3 is 10.2 Å². The highest BCUT2D eigenvalue weighted by atomic mass is 16.2. The molecule has 0 bridgehead atoms. The number of aromatic nitrogens is 2. The summed E-state index contributed by atoms with van der Waals surface area (Å²) in [6.45, 7) is 5.66. The molecule has 0 radical (unpaired) electrons. The fourth-order valence-corrected chi connectivity index (χ4v) is 3.16. The van der Waals surface area contributed by atoms with Crippen molar-refractivity contribution in [3.05, 3.63) is 45.0 Å². The maximum absolute atomic E-state index is 12.5. The molecule has 2 N–H and O–H groups in total. The first kappa shape index (κ1) is 16.4. The van der Waals surface area contributed by atoms with Crippen molar-refractivity contribution in [2.45, 2.75) is 38.9 Å². The maximum Gasteiger partial charge on any atom is 0.273 e. The molecular formula is C17H22N4O3. The second kappa shape index (κ2) is 6.60. The highest BCUT2D eigenvalue weighted by molar-refractivity contribution is 5.80. The topological polar surface area (TPSA) is 87.2 Å². The van der Waals surface area contributed by atoms with Gasteiger partial charge >= 0.3 is 0 Å². The van der Waals surface area contributed by atoms with E-state index in [1.54, 1.807) is 24.3 Å². The zero-order valence-corrected chi connectivity index (χ0v) is 13.9. The van der Waals surface area contributed by atoms with Crippen molar-refractivity contribution in [2.75, 3.05) is 13.1 Å². The zero-order valence-electron chi connectivity index (χ0n) is 13.9. The fourth-order valence-electron chi connectivity index (χ4n) is 3.16. The SMILES string of the molecule is CC1NCCN(C(=O)CCn2[nH]c(=O)c3ccccc3c2=O)C1C. The van der Waals surface area contributed by atoms with E-state index in [1.807, 2.05) is 11.8 Å². The molecule has 1 amide bonds. The van der Waals surface area contributed by atoms with Gasteiger partial charge in [-0.1, -0.05) is 12.1 Å². The number of hydrogen-bond acceptors (Lipinski definition) is 4. The van der Waals surface area contributed by atoms with Gasteiger partial charge in [-0.3, -0.25) is 19.5 Å². The number of carbonyl (C=O) groups is 1. The smallest absolute Gasteiger partial charge is 0.273 e. The summed E-state index contributed by atoms with van der Waals surface area (Å²) >= 11 is 0. The minimum Gasteiger partial charge on any atom is -0.337 e. The van der Waals surface area contributed by atoms with Gasteiger partial charge in [-0.2, -0.15) is 0 Å². The number of rotatable bonds is 3. The first-order valence-electron chi connectivity index (χ1n) is 8.24. The molecule has 7 nitrogen and oxygen atoms in total. The van der Waals surface area contributed by atoms with Crippen molar-refractivity contribution in [1.29, 1.82) is 0 Å². The molecule has 2 atom stereocenters. The van der Waals surface area contributed by atoms with Crippen molar-refractivity contribution in [1.82, 2.24) is 20.0 Å². The largest absolute Gasteiger partial charge is 0.337 e. The molecule has 0 spiro atoms. The predicted molar refractivity (Wildman–Crippen MR) is 92.1 cm³/mol. The molecule has 0 saturated carbocycles. The Hall–Kier alpha value is -2.41. The normalized spacial score (nSPS) is 21.2. The summed E-state index contributed by atoms with van der Waals surface area (Å²) < 4.78 is 1.23. The third-order valence-electron chi connectivity index (χ3n) is 4.79. The van der Waals surface area contributed by atoms with Crippen LogP contribution in [0.25, 0.3) is 10.8 Å². The lowest BCUT2D eigenvalue weighted by atomic mass is 10.1. The van der Waals surface area contributed by atoms with Gasteiger partial charge in [-0.25, -0.2) is 4.68 Å². The van der Waals surface area contributed by atoms with Gasteiger partial charge in [0, 0.05) is 31.6 Å². The van der Waals surface area contributed by atoms with E-state index in [0.717, 1.165) is 6.54 Å². The van der Waals surface area contributed by atoms with E-state index in [0.29, 0.717) is 17.3 Å². The number of carbonyl (C=O) groups excluding carboxylic acids is 1. The highest BCUT2D eigenvalue weighted by Gasteiger charge is 2.27. The lowest BCUT2D eigenvalue weighted by Gasteiger charge is -2.38. The molecule has 128 valence electrons. The Balaban J connectivity index is 1.79. The van der Waals surface area contributed by atoms with E-state index in [1.165, 1.54) is 4.68 Å². The Bertz CT molecular complexity index is 870. The summed E-state index contributed by atoms with van der Waals surface area (Å²) in [6.07, 6.45) is 0.186. The standard InChI is InChI=1S/C17H22N4O3/c1-11-12(2)20(10-8-18-11)15(22)7-9-21-17(24)14-6-4-3-5-13(14)16(23)19-21/h3-6,11-12,18H,7-10H2,1-2H3,(H,19,23). The van der Waals surface area contributed by atoms with Crippen molar-refractivity contribution in [3.8, 4) is 0 Å². The molecule has 1 aromatic carbocycles. The number of aryl methyl sites for hydroxylation is 1. The first-order valence-corrected chi connectivity index (χ1v) is 8.24. The molecule has 2 aromatic rings. The molecule has 2 heterocycles. The Labute approximate surface area is 139 Å². The molecule has 0 aliphatic carbocycles. The summed E-state index contributed by atoms with van der Waals surface area (Å²) in [5, 5.41) is 6.64. The van der Waals surface area contributed by atoms with Crippen LogP contribution < -0.4 is 16.4 Å². The van der Waals surface area contributed by atoms with Crippen LogP contribution in [-0.4, -0.2) is 45.8 Å². The van der Waals surface area contributed by atoms with Crippen LogP contribution >= 0.6 is 0 Å². The minimum atomic E-state index is -0.318. The zero-order chi connectivity index (χ0) is 17.3. The van der Waals surface area contributed by atoms with Crippen LogP contribution in [0.4, 0.5) is 0 Å². The van der Waals surface area contributed by atoms with Crippen LogP contribution in [0.3, 0.4) is 0 Å². The number of nitrogens with zero attached hydrogens (tertiary/aromatic N) is 2. The number of H-pyrrole nitrogens is 1. The summed E-state index contributed by atoms with van der Waals surface area (Å²) in [5.74, 6) is -0.00300. The Morgan fingerprint density at radius 2 is 1.92 bits per heavy atom. The Morgan fingerprint density at radius 3 is 2.67 bits per heavy atom. The van der Waals surface area contributed by atoms with Crippen LogP contribution in [0.15, 0.2) is 33.9 Å². The minimum absolute atomic E-state index is 0.00300. The van der Waals surface area contributed by atoms with Gasteiger partial charge in [-0.15, -0.1) is 0 Å². The summed E-state index contributed by atoms with van der Waals surface area (Å²) in [7, 11) is 0. The van der Waals surface area contributed by atoms with Gasteiger partial charge in [0.15, 0.2) is 0 Å². The average Bonchev–Trinajstić information content (AvgIpc) is 2.59. The number of nitrogens with one attached hydrogen (secondary N) is 2. The molecule has 3 rings (SSSR count). The van der Waals surface area contributed by atoms with Crippen molar-refractivity contribution < 1.29 is 4.79 Å². The van der Waals surface area contributed by atoms with Crippen LogP contribution in [0.2, 0.25) is 0 Å². The van der Waals surface area contributed by atoms with E-state index in [4.69, 9.17) is 0 Å². The van der Waals surface area contributed by atoms with Gasteiger partial charge in [0.1, 0.15) is 0 Å². The van der Waals surface area contributed by atoms with E-state index in [-0.39, 0.29) is 42.1 Å². The molecule has 1 fully saturated rings. The average molecular weight is 330 g/mol. The number of benzene rings is 1. The highest BCUT2D eigenvalue weighted by Crippen LogP contribution is 2.11. The number of hydrogen-bond donors (Lipinski definition) is 2. The van der Waals surface area contributed by atoms with E-state index in [2.05, 4.69) is 17.3 Å². The van der Waals surface area contributed by atoms with E-state index < -0.39 is 0 Å². The van der Waals surface area contributed by atoms with Gasteiger partial charge in [0.2, 0.25) is 5.91 Å². The lowest BCUT2D eigenvalue weighted by molar-refractivity contribution is -0.135. The summed E-state index contributed by atoms with van der Waals surface area (Å²) in [5.41, 5.74) is -0.596. The Morgan fingerprint density at radius 1 is 1.21 bits per heavy atom. The molecule has 2 unspecified atom stereocenters. The van der Waals surface area contributed by atoms with E-state index in [9.17, 15) is 14.4 Å². The monoisotopic (exact) mass is 330 g/mol. The van der Waals surface area contributed by atoms with Crippen LogP contribution in [0.5, 0.6) is 0 Å². The fraction of sp³-hybridized carbons (Fsp3) is 0.471. The summed E-state index contributed by atoms with van der Waals surface area (Å²) in [4.78, 5) is 38.8. The summed E-state index contributed by atoms with van der Waals surface area (Å²) in [6, 6.07) is 7.05. The number of aromatic amines is 1. The molecule has 1 aliphatic rings. The molecule has 1 aromatic heterocycles. The van der Waals surface area contributed by atoms with Gasteiger partial charge in [0.25, 0.3) is 11.1 Å². The molecule has 1 saturated heterocycles. The van der Waals surface area contributed by atoms with Crippen molar-refractivity contribution in [2.24, 2.45) is 0 Å². The van der Waals surface area contributed by atoms with Gasteiger partial charge in [0.05, 0.1) is 17.3 Å². The molecule has 24 heavy (non-hydrogen) atoms. The van der Waals surface area contributed by atoms with Gasteiger partial charge in [-0.05, 0) is 26.0 Å². The van der Waals surface area contributed by atoms with Crippen LogP contribution in [-0.2, 0) is 11.3 Å². The molecule has 1 aliphatic heterocycles. The van der Waals surface area contributed by atoms with Crippen molar-refractivity contribution in [3.63, 3.8) is 0 Å². The molecule has 7 heteroatoms. The lowest BCUT2D eigenvalue weighted by Crippen LogP contribution is -2.57. The third-order valence-corrected chi connectivity index (χ3v) is 4.79. The first-order chi connectivity index (χ1) is 11.5.